The second-order valence-electron chi connectivity index (χ2n) is 13.6. The molecule has 5 N–H and O–H groups in total. The van der Waals surface area contributed by atoms with Gasteiger partial charge in [-0.15, -0.1) is 0 Å². The number of benzene rings is 5. The lowest BCUT2D eigenvalue weighted by Gasteiger charge is -2.38. The third kappa shape index (κ3) is 10.8. The van der Waals surface area contributed by atoms with E-state index in [9.17, 15) is 14.7 Å². The molecule has 9 nitrogen and oxygen atoms in total. The monoisotopic (exact) mass is 712 g/mol. The van der Waals surface area contributed by atoms with E-state index in [1.54, 1.807) is 12.1 Å². The van der Waals surface area contributed by atoms with Crippen molar-refractivity contribution in [3.8, 4) is 11.1 Å². The van der Waals surface area contributed by atoms with Crippen LogP contribution in [0.5, 0.6) is 0 Å². The van der Waals surface area contributed by atoms with Crippen molar-refractivity contribution in [3.63, 3.8) is 0 Å². The zero-order valence-corrected chi connectivity index (χ0v) is 30.1. The van der Waals surface area contributed by atoms with E-state index < -0.39 is 6.29 Å². The molecule has 2 amide bonds. The van der Waals surface area contributed by atoms with Crippen LogP contribution < -0.4 is 16.4 Å². The molecule has 0 spiro atoms. The number of nitrogens with zero attached hydrogens (tertiary/aromatic N) is 1. The molecule has 274 valence electrons. The molecule has 0 radical (unpaired) electrons. The summed E-state index contributed by atoms with van der Waals surface area (Å²) in [6, 6.07) is 41.8. The molecule has 5 aromatic rings. The van der Waals surface area contributed by atoms with Gasteiger partial charge in [-0.3, -0.25) is 14.5 Å². The normalized spacial score (nSPS) is 17.0. The molecule has 1 aliphatic heterocycles. The van der Waals surface area contributed by atoms with Gasteiger partial charge in [0.15, 0.2) is 6.29 Å². The van der Waals surface area contributed by atoms with Gasteiger partial charge >= 0.3 is 0 Å². The molecule has 3 atom stereocenters. The van der Waals surface area contributed by atoms with Crippen LogP contribution in [0.4, 0.5) is 11.4 Å². The van der Waals surface area contributed by atoms with E-state index in [2.05, 4.69) is 71.1 Å². The number of likely N-dealkylation sites (N-methyl/N-ethyl adjacent to an activating group) is 1. The number of aliphatic hydroxyl groups excluding tert-OH is 1. The molecule has 0 saturated carbocycles. The van der Waals surface area contributed by atoms with Crippen LogP contribution in [0.3, 0.4) is 0 Å². The highest BCUT2D eigenvalue weighted by Gasteiger charge is 2.33. The van der Waals surface area contributed by atoms with Gasteiger partial charge in [-0.1, -0.05) is 103 Å². The van der Waals surface area contributed by atoms with Gasteiger partial charge in [0.25, 0.3) is 0 Å². The molecule has 53 heavy (non-hydrogen) atoms. The highest BCUT2D eigenvalue weighted by Crippen LogP contribution is 2.39. The number of amides is 2. The van der Waals surface area contributed by atoms with Crippen LogP contribution in [-0.2, 0) is 38.8 Å². The number of hydrogen-bond donors (Lipinski definition) is 4. The Morgan fingerprint density at radius 2 is 1.45 bits per heavy atom. The Balaban J connectivity index is 1.08. The van der Waals surface area contributed by atoms with Crippen molar-refractivity contribution in [2.75, 3.05) is 24.6 Å². The Bertz CT molecular complexity index is 1950. The maximum Gasteiger partial charge on any atom is 0.224 e. The van der Waals surface area contributed by atoms with Gasteiger partial charge in [0.1, 0.15) is 0 Å². The molecule has 1 heterocycles. The zero-order chi connectivity index (χ0) is 37.0. The summed E-state index contributed by atoms with van der Waals surface area (Å²) in [4.78, 5) is 27.2. The van der Waals surface area contributed by atoms with Gasteiger partial charge < -0.3 is 30.9 Å². The minimum absolute atomic E-state index is 0.00296. The van der Waals surface area contributed by atoms with Gasteiger partial charge in [-0.05, 0) is 71.1 Å². The smallest absolute Gasteiger partial charge is 0.224 e. The minimum atomic E-state index is -0.573. The van der Waals surface area contributed by atoms with Crippen molar-refractivity contribution in [1.29, 1.82) is 0 Å². The van der Waals surface area contributed by atoms with E-state index in [1.807, 2.05) is 66.7 Å². The van der Waals surface area contributed by atoms with E-state index in [4.69, 9.17) is 15.2 Å². The number of carbonyl (C=O) groups excluding carboxylic acids is 2. The first-order valence-corrected chi connectivity index (χ1v) is 18.2. The quantitative estimate of drug-likeness (QED) is 0.0827. The van der Waals surface area contributed by atoms with E-state index in [0.29, 0.717) is 30.8 Å². The van der Waals surface area contributed by atoms with Crippen LogP contribution in [-0.4, -0.2) is 41.5 Å². The first-order chi connectivity index (χ1) is 25.8. The molecule has 0 unspecified atom stereocenters. The average Bonchev–Trinajstić information content (AvgIpc) is 3.18. The third-order valence-corrected chi connectivity index (χ3v) is 9.38. The summed E-state index contributed by atoms with van der Waals surface area (Å²) in [5, 5.41) is 15.4. The molecular formula is C44H48N4O5. The van der Waals surface area contributed by atoms with Crippen LogP contribution in [0.25, 0.3) is 11.1 Å². The van der Waals surface area contributed by atoms with E-state index in [-0.39, 0.29) is 43.5 Å². The summed E-state index contributed by atoms with van der Waals surface area (Å²) >= 11 is 0. The molecule has 6 rings (SSSR count). The summed E-state index contributed by atoms with van der Waals surface area (Å²) in [7, 11) is 2.12. The predicted octanol–water partition coefficient (Wildman–Crippen LogP) is 7.53. The van der Waals surface area contributed by atoms with E-state index in [1.165, 1.54) is 5.56 Å². The van der Waals surface area contributed by atoms with Crippen molar-refractivity contribution in [3.05, 3.63) is 155 Å². The number of para-hydroxylation sites is 2. The molecule has 9 heteroatoms. The van der Waals surface area contributed by atoms with Gasteiger partial charge in [0.2, 0.25) is 11.8 Å². The highest BCUT2D eigenvalue weighted by molar-refractivity contribution is 5.94. The van der Waals surface area contributed by atoms with Crippen molar-refractivity contribution < 1.29 is 24.2 Å². The summed E-state index contributed by atoms with van der Waals surface area (Å²) in [6.07, 6.45) is 0.789. The Morgan fingerprint density at radius 3 is 2.23 bits per heavy atom. The minimum Gasteiger partial charge on any atom is -0.397 e. The average molecular weight is 713 g/mol. The molecule has 1 saturated heterocycles. The Kier molecular flexibility index (Phi) is 13.0. The lowest BCUT2D eigenvalue weighted by molar-refractivity contribution is -0.252. The van der Waals surface area contributed by atoms with Gasteiger partial charge in [-0.25, -0.2) is 0 Å². The summed E-state index contributed by atoms with van der Waals surface area (Å²) < 4.78 is 13.3. The fraction of sp³-hybridized carbons (Fsp3) is 0.273. The number of nitrogen functional groups attached to an aromatic ring is 1. The van der Waals surface area contributed by atoms with E-state index in [0.717, 1.165) is 46.5 Å². The Morgan fingerprint density at radius 1 is 0.755 bits per heavy atom. The standard InChI is InChI=1S/C44H48N4O5/c1-48(28-31-10-3-2-4-11-31)29-38-26-41(34-22-20-32(30-49)21-23-34)53-44(52-38)37-15-8-14-36(25-37)35-13-7-12-33(24-35)27-46-42(50)18-9-19-43(51)47-40-17-6-5-16-39(40)45/h2-8,10-17,20-25,38,41,44,49H,9,18-19,26-30,45H2,1H3,(H,46,50)(H,47,51)/t38-,41+,44+/m1/s1. The number of carbonyl (C=O) groups is 2. The fourth-order valence-corrected chi connectivity index (χ4v) is 6.59. The SMILES string of the molecule is CN(Cc1ccccc1)C[C@H]1C[C@@H](c2ccc(CO)cc2)O[C@@H](c2cccc(-c3cccc(CNC(=O)CCCC(=O)Nc4ccccc4N)c3)c2)O1. The van der Waals surface area contributed by atoms with Crippen LogP contribution in [0, 0.1) is 0 Å². The zero-order valence-electron chi connectivity index (χ0n) is 30.1. The third-order valence-electron chi connectivity index (χ3n) is 9.38. The fourth-order valence-electron chi connectivity index (χ4n) is 6.59. The van der Waals surface area contributed by atoms with Crippen molar-refractivity contribution in [2.24, 2.45) is 0 Å². The second kappa shape index (κ2) is 18.4. The largest absolute Gasteiger partial charge is 0.397 e. The molecule has 0 bridgehead atoms. The molecule has 1 aliphatic rings. The summed E-state index contributed by atoms with van der Waals surface area (Å²) in [5.74, 6) is -0.284. The number of aliphatic hydroxyl groups is 1. The molecule has 0 aromatic heterocycles. The second-order valence-corrected chi connectivity index (χ2v) is 13.6. The van der Waals surface area contributed by atoms with Crippen LogP contribution in [0.1, 0.15) is 65.9 Å². The number of nitrogens with one attached hydrogen (secondary N) is 2. The highest BCUT2D eigenvalue weighted by atomic mass is 16.7. The first kappa shape index (κ1) is 37.4. The van der Waals surface area contributed by atoms with Crippen molar-refractivity contribution in [1.82, 2.24) is 10.2 Å². The number of rotatable bonds is 15. The van der Waals surface area contributed by atoms with Crippen LogP contribution >= 0.6 is 0 Å². The predicted molar refractivity (Wildman–Crippen MR) is 208 cm³/mol. The maximum atomic E-state index is 12.6. The van der Waals surface area contributed by atoms with Crippen LogP contribution in [0.15, 0.2) is 127 Å². The van der Waals surface area contributed by atoms with E-state index >= 15 is 0 Å². The van der Waals surface area contributed by atoms with Gasteiger partial charge in [0, 0.05) is 44.5 Å². The van der Waals surface area contributed by atoms with Gasteiger partial charge in [0.05, 0.1) is 30.2 Å². The molecular weight excluding hydrogens is 665 g/mol. The molecule has 5 aromatic carbocycles. The number of anilines is 2. The summed E-state index contributed by atoms with van der Waals surface area (Å²) in [6.45, 7) is 1.93. The van der Waals surface area contributed by atoms with Crippen molar-refractivity contribution in [2.45, 2.75) is 63.9 Å². The lowest BCUT2D eigenvalue weighted by Crippen LogP contribution is -2.37. The molecule has 1 fully saturated rings. The van der Waals surface area contributed by atoms with Crippen LogP contribution in [0.2, 0.25) is 0 Å². The summed E-state index contributed by atoms with van der Waals surface area (Å²) in [5.41, 5.74) is 14.1. The number of nitrogens with two attached hydrogens (primary N) is 1. The molecule has 0 aliphatic carbocycles. The number of ether oxygens (including phenoxy) is 2. The topological polar surface area (TPSA) is 126 Å². The lowest BCUT2D eigenvalue weighted by atomic mass is 9.98. The maximum absolute atomic E-state index is 12.6. The van der Waals surface area contributed by atoms with Gasteiger partial charge in [-0.2, -0.15) is 0 Å². The first-order valence-electron chi connectivity index (χ1n) is 18.2. The number of hydrogen-bond acceptors (Lipinski definition) is 7. The Labute approximate surface area is 311 Å². The Hall–Kier alpha value is -5.32. The van der Waals surface area contributed by atoms with Crippen molar-refractivity contribution >= 4 is 23.2 Å².